The molecule has 3 amide bonds. The van der Waals surface area contributed by atoms with Crippen molar-refractivity contribution in [3.63, 3.8) is 0 Å². The van der Waals surface area contributed by atoms with Crippen molar-refractivity contribution < 1.29 is 14.3 Å². The zero-order valence-electron chi connectivity index (χ0n) is 21.1. The third kappa shape index (κ3) is 6.38. The minimum atomic E-state index is -0.0736. The van der Waals surface area contributed by atoms with Gasteiger partial charge in [0, 0.05) is 51.7 Å². The van der Waals surface area contributed by atoms with E-state index in [0.717, 1.165) is 44.6 Å². The van der Waals surface area contributed by atoms with Gasteiger partial charge in [0.25, 0.3) is 0 Å². The number of benzene rings is 2. The summed E-state index contributed by atoms with van der Waals surface area (Å²) in [6, 6.07) is 17.0. The lowest BCUT2D eigenvalue weighted by molar-refractivity contribution is -0.127. The Labute approximate surface area is 214 Å². The molecule has 2 N–H and O–H groups in total. The van der Waals surface area contributed by atoms with Crippen LogP contribution in [0.3, 0.4) is 0 Å². The molecule has 2 aliphatic heterocycles. The molecule has 2 aromatic carbocycles. The van der Waals surface area contributed by atoms with E-state index >= 15 is 0 Å². The first-order chi connectivity index (χ1) is 17.6. The van der Waals surface area contributed by atoms with E-state index in [0.29, 0.717) is 38.7 Å². The second-order valence-corrected chi connectivity index (χ2v) is 10.4. The zero-order valence-corrected chi connectivity index (χ0v) is 21.1. The Hall–Kier alpha value is -3.06. The predicted octanol–water partition coefficient (Wildman–Crippen LogP) is 2.88. The standard InChI is InChI=1S/C29H38N4O3/c34-28(30-12-15-33-16-13-31-29(33)35)26-17-23(19-32(20-26)14-11-22-5-2-1-3-6-22)21-36-27-10-9-24-7-4-8-25(24)18-27/h1-3,5-6,9-10,18,23,26H,4,7-8,11-17,19-21H2,(H,30,34)(H,31,35)/t23-,26+/m0/s1. The first-order valence-corrected chi connectivity index (χ1v) is 13.5. The van der Waals surface area contributed by atoms with E-state index in [-0.39, 0.29) is 17.9 Å². The van der Waals surface area contributed by atoms with Crippen LogP contribution in [0.4, 0.5) is 4.79 Å². The molecule has 2 atom stereocenters. The number of nitrogens with one attached hydrogen (secondary N) is 2. The fourth-order valence-corrected chi connectivity index (χ4v) is 5.76. The van der Waals surface area contributed by atoms with Gasteiger partial charge in [0.05, 0.1) is 12.5 Å². The average molecular weight is 491 g/mol. The molecular weight excluding hydrogens is 452 g/mol. The fraction of sp³-hybridized carbons (Fsp3) is 0.517. The van der Waals surface area contributed by atoms with Crippen LogP contribution in [0.15, 0.2) is 48.5 Å². The lowest BCUT2D eigenvalue weighted by Crippen LogP contribution is -2.49. The van der Waals surface area contributed by atoms with Crippen LogP contribution in [0.25, 0.3) is 0 Å². The van der Waals surface area contributed by atoms with Crippen LogP contribution in [-0.2, 0) is 24.1 Å². The SMILES string of the molecule is O=C(NCCN1CCNC1=O)[C@@H]1C[C@H](COc2ccc3c(c2)CCC3)CN(CCc2ccccc2)C1. The highest BCUT2D eigenvalue weighted by Crippen LogP contribution is 2.28. The van der Waals surface area contributed by atoms with E-state index in [1.165, 1.54) is 29.5 Å². The van der Waals surface area contributed by atoms with E-state index in [2.05, 4.69) is 58.0 Å². The van der Waals surface area contributed by atoms with Gasteiger partial charge in [0.15, 0.2) is 0 Å². The summed E-state index contributed by atoms with van der Waals surface area (Å²) in [7, 11) is 0. The summed E-state index contributed by atoms with van der Waals surface area (Å²) in [6.07, 6.45) is 5.34. The van der Waals surface area contributed by atoms with Crippen LogP contribution in [0.5, 0.6) is 5.75 Å². The summed E-state index contributed by atoms with van der Waals surface area (Å²) in [6.45, 7) is 5.67. The molecular formula is C29H38N4O3. The molecule has 0 aromatic heterocycles. The van der Waals surface area contributed by atoms with Crippen LogP contribution in [0.2, 0.25) is 0 Å². The lowest BCUT2D eigenvalue weighted by Gasteiger charge is -2.37. The first kappa shape index (κ1) is 24.6. The molecule has 0 saturated carbocycles. The fourth-order valence-electron chi connectivity index (χ4n) is 5.76. The van der Waals surface area contributed by atoms with E-state index in [9.17, 15) is 9.59 Å². The van der Waals surface area contributed by atoms with Crippen LogP contribution in [-0.4, -0.2) is 74.2 Å². The molecule has 2 heterocycles. The largest absolute Gasteiger partial charge is 0.493 e. The number of ether oxygens (including phenoxy) is 1. The molecule has 2 saturated heterocycles. The van der Waals surface area contributed by atoms with Gasteiger partial charge in [-0.3, -0.25) is 4.79 Å². The zero-order chi connectivity index (χ0) is 24.7. The van der Waals surface area contributed by atoms with Crippen molar-refractivity contribution in [2.24, 2.45) is 11.8 Å². The highest BCUT2D eigenvalue weighted by atomic mass is 16.5. The second kappa shape index (κ2) is 11.8. The minimum absolute atomic E-state index is 0.0437. The molecule has 36 heavy (non-hydrogen) atoms. The molecule has 2 aromatic rings. The van der Waals surface area contributed by atoms with E-state index in [1.807, 2.05) is 6.07 Å². The van der Waals surface area contributed by atoms with Crippen molar-refractivity contribution in [3.8, 4) is 5.75 Å². The van der Waals surface area contributed by atoms with Crippen LogP contribution >= 0.6 is 0 Å². The number of aryl methyl sites for hydroxylation is 2. The van der Waals surface area contributed by atoms with Crippen molar-refractivity contribution >= 4 is 11.9 Å². The van der Waals surface area contributed by atoms with Gasteiger partial charge in [-0.05, 0) is 60.9 Å². The molecule has 1 aliphatic carbocycles. The molecule has 7 heteroatoms. The Kier molecular flexibility index (Phi) is 8.06. The normalized spacial score (nSPS) is 21.8. The van der Waals surface area contributed by atoms with E-state index in [1.54, 1.807) is 4.90 Å². The maximum Gasteiger partial charge on any atom is 0.317 e. The topological polar surface area (TPSA) is 73.9 Å². The van der Waals surface area contributed by atoms with Gasteiger partial charge >= 0.3 is 6.03 Å². The third-order valence-electron chi connectivity index (χ3n) is 7.72. The number of carbonyl (C=O) groups is 2. The van der Waals surface area contributed by atoms with Gasteiger partial charge in [0.2, 0.25) is 5.91 Å². The monoisotopic (exact) mass is 490 g/mol. The van der Waals surface area contributed by atoms with Crippen molar-refractivity contribution in [2.45, 2.75) is 32.1 Å². The molecule has 0 radical (unpaired) electrons. The van der Waals surface area contributed by atoms with Crippen LogP contribution in [0.1, 0.15) is 29.5 Å². The number of carbonyl (C=O) groups excluding carboxylic acids is 2. The van der Waals surface area contributed by atoms with Crippen molar-refractivity contribution in [3.05, 3.63) is 65.2 Å². The number of nitrogens with zero attached hydrogens (tertiary/aromatic N) is 2. The number of amides is 3. The quantitative estimate of drug-likeness (QED) is 0.537. The van der Waals surface area contributed by atoms with E-state index in [4.69, 9.17) is 4.74 Å². The molecule has 2 fully saturated rings. The number of hydrogen-bond donors (Lipinski definition) is 2. The number of likely N-dealkylation sites (tertiary alicyclic amines) is 1. The van der Waals surface area contributed by atoms with Crippen molar-refractivity contribution in [1.29, 1.82) is 0 Å². The summed E-state index contributed by atoms with van der Waals surface area (Å²) in [4.78, 5) is 29.1. The Bertz CT molecular complexity index is 1040. The smallest absolute Gasteiger partial charge is 0.317 e. The molecule has 0 bridgehead atoms. The Morgan fingerprint density at radius 3 is 2.75 bits per heavy atom. The number of fused-ring (bicyclic) bond motifs is 1. The van der Waals surface area contributed by atoms with Crippen molar-refractivity contribution in [2.75, 3.05) is 52.4 Å². The summed E-state index contributed by atoms with van der Waals surface area (Å²) in [5.41, 5.74) is 4.19. The van der Waals surface area contributed by atoms with Gasteiger partial charge in [-0.25, -0.2) is 4.79 Å². The van der Waals surface area contributed by atoms with E-state index < -0.39 is 0 Å². The summed E-state index contributed by atoms with van der Waals surface area (Å²) < 4.78 is 6.26. The van der Waals surface area contributed by atoms with Crippen LogP contribution in [0, 0.1) is 11.8 Å². The molecule has 3 aliphatic rings. The maximum absolute atomic E-state index is 13.1. The first-order valence-electron chi connectivity index (χ1n) is 13.5. The average Bonchev–Trinajstić information content (AvgIpc) is 3.55. The number of hydrogen-bond acceptors (Lipinski definition) is 4. The number of piperidine rings is 1. The summed E-state index contributed by atoms with van der Waals surface area (Å²) in [5.74, 6) is 1.25. The Morgan fingerprint density at radius 1 is 1.06 bits per heavy atom. The molecule has 5 rings (SSSR count). The highest BCUT2D eigenvalue weighted by Gasteiger charge is 2.32. The molecule has 0 spiro atoms. The predicted molar refractivity (Wildman–Crippen MR) is 140 cm³/mol. The highest BCUT2D eigenvalue weighted by molar-refractivity contribution is 5.79. The van der Waals surface area contributed by atoms with Gasteiger partial charge < -0.3 is 25.2 Å². The molecule has 0 unspecified atom stereocenters. The summed E-state index contributed by atoms with van der Waals surface area (Å²) in [5, 5.41) is 5.89. The Morgan fingerprint density at radius 2 is 1.92 bits per heavy atom. The molecule has 7 nitrogen and oxygen atoms in total. The Balaban J connectivity index is 1.17. The number of rotatable bonds is 10. The third-order valence-corrected chi connectivity index (χ3v) is 7.72. The summed E-state index contributed by atoms with van der Waals surface area (Å²) >= 11 is 0. The van der Waals surface area contributed by atoms with Gasteiger partial charge in [-0.2, -0.15) is 0 Å². The van der Waals surface area contributed by atoms with Gasteiger partial charge in [-0.1, -0.05) is 36.4 Å². The lowest BCUT2D eigenvalue weighted by atomic mass is 9.88. The van der Waals surface area contributed by atoms with Gasteiger partial charge in [0.1, 0.15) is 5.75 Å². The minimum Gasteiger partial charge on any atom is -0.493 e. The van der Waals surface area contributed by atoms with Crippen molar-refractivity contribution in [1.82, 2.24) is 20.4 Å². The van der Waals surface area contributed by atoms with Gasteiger partial charge in [-0.15, -0.1) is 0 Å². The second-order valence-electron chi connectivity index (χ2n) is 10.4. The maximum atomic E-state index is 13.1. The van der Waals surface area contributed by atoms with Crippen LogP contribution < -0.4 is 15.4 Å². The molecule has 192 valence electrons. The number of urea groups is 1.